The number of carbonyl (C=O) groups is 1. The number of aromatic nitrogens is 2. The molecule has 0 bridgehead atoms. The molecular weight excluding hydrogens is 456 g/mol. The first-order valence-electron chi connectivity index (χ1n) is 11.3. The van der Waals surface area contributed by atoms with Gasteiger partial charge in [-0.1, -0.05) is 55.3 Å². The molecule has 8 nitrogen and oxygen atoms in total. The zero-order chi connectivity index (χ0) is 24.2. The number of anilines is 2. The number of aromatic amines is 1. The van der Waals surface area contributed by atoms with Crippen LogP contribution in [-0.2, 0) is 24.3 Å². The predicted octanol–water partition coefficient (Wildman–Crippen LogP) is 3.36. The summed E-state index contributed by atoms with van der Waals surface area (Å²) in [6, 6.07) is 14.6. The number of hydrogen-bond donors (Lipinski definition) is 2. The number of ether oxygens (including phenoxy) is 1. The number of carbonyl (C=O) groups excluding carboxylic acids is 1. The first-order chi connectivity index (χ1) is 16.4. The van der Waals surface area contributed by atoms with Crippen molar-refractivity contribution in [3.63, 3.8) is 0 Å². The molecular formula is C25H27ClN4O4. The molecule has 1 atom stereocenters. The Bertz CT molecular complexity index is 1300. The van der Waals surface area contributed by atoms with Crippen molar-refractivity contribution >= 4 is 29.0 Å². The Balaban J connectivity index is 1.76. The summed E-state index contributed by atoms with van der Waals surface area (Å²) < 4.78 is 7.14. The van der Waals surface area contributed by atoms with Crippen molar-refractivity contribution in [1.82, 2.24) is 9.55 Å². The second kappa shape index (κ2) is 10.2. The van der Waals surface area contributed by atoms with Gasteiger partial charge in [0.1, 0.15) is 18.2 Å². The maximum absolute atomic E-state index is 13.8. The monoisotopic (exact) mass is 482 g/mol. The fourth-order valence-electron chi connectivity index (χ4n) is 4.15. The highest BCUT2D eigenvalue weighted by Crippen LogP contribution is 2.32. The second-order valence-electron chi connectivity index (χ2n) is 8.37. The Morgan fingerprint density at radius 1 is 1.24 bits per heavy atom. The summed E-state index contributed by atoms with van der Waals surface area (Å²) in [5, 5.41) is 0.556. The van der Waals surface area contributed by atoms with Gasteiger partial charge in [-0.25, -0.2) is 4.79 Å². The molecule has 2 heterocycles. The van der Waals surface area contributed by atoms with Gasteiger partial charge in [0, 0.05) is 11.6 Å². The summed E-state index contributed by atoms with van der Waals surface area (Å²) in [6.07, 6.45) is 1.96. The third-order valence-electron chi connectivity index (χ3n) is 5.95. The average Bonchev–Trinajstić information content (AvgIpc) is 2.83. The van der Waals surface area contributed by atoms with Crippen LogP contribution in [0.1, 0.15) is 30.9 Å². The number of H-pyrrole nitrogens is 1. The molecule has 34 heavy (non-hydrogen) atoms. The molecule has 9 heteroatoms. The Morgan fingerprint density at radius 3 is 2.74 bits per heavy atom. The van der Waals surface area contributed by atoms with E-state index < -0.39 is 17.2 Å². The molecule has 0 aliphatic carbocycles. The van der Waals surface area contributed by atoms with Crippen molar-refractivity contribution in [2.45, 2.75) is 39.3 Å². The Morgan fingerprint density at radius 2 is 2.00 bits per heavy atom. The summed E-state index contributed by atoms with van der Waals surface area (Å²) in [7, 11) is 0. The van der Waals surface area contributed by atoms with E-state index in [9.17, 15) is 14.4 Å². The summed E-state index contributed by atoms with van der Waals surface area (Å²) in [5.74, 6) is -0.197. The number of rotatable bonds is 7. The number of benzene rings is 2. The standard InChI is InChI=1S/C25H27ClN4O4/c1-2-3-11-29-22(27)21(23(31)28-25(29)33)30(14-16-7-5-4-6-8-16)24(32)18-12-17-13-19(26)9-10-20(17)34-15-18/h4-10,13,18H,2-3,11-12,14-15,27H2,1H3,(H,28,31,33). The van der Waals surface area contributed by atoms with Gasteiger partial charge in [-0.05, 0) is 42.2 Å². The van der Waals surface area contributed by atoms with E-state index in [0.717, 1.165) is 17.5 Å². The van der Waals surface area contributed by atoms with Gasteiger partial charge in [0.15, 0.2) is 5.69 Å². The van der Waals surface area contributed by atoms with Crippen LogP contribution in [0.2, 0.25) is 5.02 Å². The SMILES string of the molecule is CCCCn1c(N)c(N(Cc2ccccc2)C(=O)C2COc3ccc(Cl)cc3C2)c(=O)[nH]c1=O. The van der Waals surface area contributed by atoms with Gasteiger partial charge < -0.3 is 10.5 Å². The van der Waals surface area contributed by atoms with Crippen LogP contribution in [0.25, 0.3) is 0 Å². The van der Waals surface area contributed by atoms with Crippen molar-refractivity contribution in [2.75, 3.05) is 17.2 Å². The number of nitrogens with two attached hydrogens (primary N) is 1. The lowest BCUT2D eigenvalue weighted by atomic mass is 9.95. The molecule has 0 saturated heterocycles. The molecule has 0 saturated carbocycles. The number of hydrogen-bond acceptors (Lipinski definition) is 5. The topological polar surface area (TPSA) is 110 Å². The number of nitrogens with zero attached hydrogens (tertiary/aromatic N) is 2. The van der Waals surface area contributed by atoms with E-state index in [4.69, 9.17) is 22.1 Å². The van der Waals surface area contributed by atoms with E-state index in [1.54, 1.807) is 18.2 Å². The van der Waals surface area contributed by atoms with Crippen molar-refractivity contribution < 1.29 is 9.53 Å². The van der Waals surface area contributed by atoms with Crippen LogP contribution in [0.15, 0.2) is 58.1 Å². The smallest absolute Gasteiger partial charge is 0.330 e. The maximum atomic E-state index is 13.8. The first-order valence-corrected chi connectivity index (χ1v) is 11.7. The number of amides is 1. The number of nitrogen functional groups attached to an aromatic ring is 1. The highest BCUT2D eigenvalue weighted by molar-refractivity contribution is 6.30. The fraction of sp³-hybridized carbons (Fsp3) is 0.320. The highest BCUT2D eigenvalue weighted by Gasteiger charge is 2.33. The minimum absolute atomic E-state index is 0.0216. The van der Waals surface area contributed by atoms with E-state index >= 15 is 0 Å². The summed E-state index contributed by atoms with van der Waals surface area (Å²) in [6.45, 7) is 2.62. The Labute approximate surface area is 201 Å². The summed E-state index contributed by atoms with van der Waals surface area (Å²) in [5.41, 5.74) is 6.68. The normalized spacial score (nSPS) is 14.8. The lowest BCUT2D eigenvalue weighted by molar-refractivity contribution is -0.123. The number of unbranched alkanes of at least 4 members (excludes halogenated alkanes) is 1. The molecule has 3 N–H and O–H groups in total. The molecule has 0 spiro atoms. The van der Waals surface area contributed by atoms with Gasteiger partial charge >= 0.3 is 5.69 Å². The summed E-state index contributed by atoms with van der Waals surface area (Å²) >= 11 is 6.14. The second-order valence-corrected chi connectivity index (χ2v) is 8.81. The number of nitrogens with one attached hydrogen (secondary N) is 1. The fourth-order valence-corrected chi connectivity index (χ4v) is 4.35. The van der Waals surface area contributed by atoms with E-state index in [2.05, 4.69) is 4.98 Å². The molecule has 0 radical (unpaired) electrons. The van der Waals surface area contributed by atoms with Crippen LogP contribution in [0, 0.1) is 5.92 Å². The highest BCUT2D eigenvalue weighted by atomic mass is 35.5. The van der Waals surface area contributed by atoms with Crippen molar-refractivity contribution in [2.24, 2.45) is 5.92 Å². The van der Waals surface area contributed by atoms with E-state index in [1.165, 1.54) is 9.47 Å². The van der Waals surface area contributed by atoms with Crippen LogP contribution < -0.4 is 26.6 Å². The molecule has 3 aromatic rings. The van der Waals surface area contributed by atoms with Gasteiger partial charge in [0.25, 0.3) is 5.56 Å². The van der Waals surface area contributed by atoms with Crippen LogP contribution in [0.3, 0.4) is 0 Å². The van der Waals surface area contributed by atoms with E-state index in [1.807, 2.05) is 37.3 Å². The van der Waals surface area contributed by atoms with E-state index in [-0.39, 0.29) is 30.6 Å². The maximum Gasteiger partial charge on any atom is 0.330 e. The molecule has 0 fully saturated rings. The molecule has 1 aliphatic rings. The predicted molar refractivity (Wildman–Crippen MR) is 132 cm³/mol. The van der Waals surface area contributed by atoms with Crippen LogP contribution in [-0.4, -0.2) is 22.1 Å². The third kappa shape index (κ3) is 4.87. The van der Waals surface area contributed by atoms with Gasteiger partial charge in [-0.3, -0.25) is 24.0 Å². The first kappa shape index (κ1) is 23.6. The Kier molecular flexibility index (Phi) is 7.07. The van der Waals surface area contributed by atoms with Gasteiger partial charge in [0.2, 0.25) is 5.91 Å². The lowest BCUT2D eigenvalue weighted by Gasteiger charge is -2.31. The molecule has 1 amide bonds. The van der Waals surface area contributed by atoms with Gasteiger partial charge in [-0.2, -0.15) is 0 Å². The Hall–Kier alpha value is -3.52. The molecule has 2 aromatic carbocycles. The number of fused-ring (bicyclic) bond motifs is 1. The molecule has 1 aliphatic heterocycles. The number of halogens is 1. The van der Waals surface area contributed by atoms with Gasteiger partial charge in [-0.15, -0.1) is 0 Å². The molecule has 1 aromatic heterocycles. The summed E-state index contributed by atoms with van der Waals surface area (Å²) in [4.78, 5) is 42.9. The van der Waals surface area contributed by atoms with E-state index in [0.29, 0.717) is 30.2 Å². The molecule has 1 unspecified atom stereocenters. The third-order valence-corrected chi connectivity index (χ3v) is 6.18. The van der Waals surface area contributed by atoms with Crippen molar-refractivity contribution in [1.29, 1.82) is 0 Å². The zero-order valence-corrected chi connectivity index (χ0v) is 19.7. The average molecular weight is 483 g/mol. The molecule has 178 valence electrons. The van der Waals surface area contributed by atoms with Crippen LogP contribution in [0.5, 0.6) is 5.75 Å². The van der Waals surface area contributed by atoms with Crippen LogP contribution >= 0.6 is 11.6 Å². The minimum atomic E-state index is -0.695. The minimum Gasteiger partial charge on any atom is -0.492 e. The molecule has 4 rings (SSSR count). The largest absolute Gasteiger partial charge is 0.492 e. The zero-order valence-electron chi connectivity index (χ0n) is 18.9. The van der Waals surface area contributed by atoms with Crippen molar-refractivity contribution in [3.8, 4) is 5.75 Å². The lowest BCUT2D eigenvalue weighted by Crippen LogP contribution is -2.45. The van der Waals surface area contributed by atoms with Crippen molar-refractivity contribution in [3.05, 3.63) is 85.5 Å². The van der Waals surface area contributed by atoms with Gasteiger partial charge in [0.05, 0.1) is 12.5 Å². The van der Waals surface area contributed by atoms with Crippen LogP contribution in [0.4, 0.5) is 11.5 Å². The quantitative estimate of drug-likeness (QED) is 0.536.